The molecule has 1 aromatic carbocycles. The Bertz CT molecular complexity index is 435. The molecular formula is C12H14Br2ClNO. The summed E-state index contributed by atoms with van der Waals surface area (Å²) in [6.45, 7) is 4.01. The molecular weight excluding hydrogens is 369 g/mol. The van der Waals surface area contributed by atoms with Gasteiger partial charge >= 0.3 is 0 Å². The number of alkyl halides is 1. The van der Waals surface area contributed by atoms with E-state index in [2.05, 4.69) is 31.9 Å². The van der Waals surface area contributed by atoms with Gasteiger partial charge in [0.05, 0.1) is 5.56 Å². The van der Waals surface area contributed by atoms with E-state index in [-0.39, 0.29) is 11.4 Å². The Hall–Kier alpha value is -0.0600. The second-order valence-electron chi connectivity index (χ2n) is 4.43. The first-order valence-electron chi connectivity index (χ1n) is 5.09. The van der Waals surface area contributed by atoms with Crippen LogP contribution in [-0.4, -0.2) is 28.7 Å². The zero-order valence-corrected chi connectivity index (χ0v) is 13.9. The van der Waals surface area contributed by atoms with Gasteiger partial charge in [-0.1, -0.05) is 27.5 Å². The van der Waals surface area contributed by atoms with Crippen LogP contribution >= 0.6 is 43.5 Å². The fourth-order valence-electron chi connectivity index (χ4n) is 1.21. The molecule has 5 heteroatoms. The lowest BCUT2D eigenvalue weighted by atomic mass is 10.1. The van der Waals surface area contributed by atoms with Gasteiger partial charge in [0.25, 0.3) is 5.91 Å². The molecule has 0 aliphatic carbocycles. The average Bonchev–Trinajstić information content (AvgIpc) is 2.27. The van der Waals surface area contributed by atoms with Crippen molar-refractivity contribution in [2.45, 2.75) is 19.4 Å². The number of halogens is 3. The van der Waals surface area contributed by atoms with Gasteiger partial charge in [-0.3, -0.25) is 4.79 Å². The molecule has 17 heavy (non-hydrogen) atoms. The summed E-state index contributed by atoms with van der Waals surface area (Å²) in [6.07, 6.45) is 0. The van der Waals surface area contributed by atoms with E-state index in [9.17, 15) is 4.79 Å². The van der Waals surface area contributed by atoms with Crippen molar-refractivity contribution in [1.29, 1.82) is 0 Å². The summed E-state index contributed by atoms with van der Waals surface area (Å²) in [5.74, 6) is -0.0296. The highest BCUT2D eigenvalue weighted by Gasteiger charge is 2.28. The molecule has 0 heterocycles. The van der Waals surface area contributed by atoms with Crippen LogP contribution in [-0.2, 0) is 0 Å². The lowest BCUT2D eigenvalue weighted by Gasteiger charge is -2.34. The van der Waals surface area contributed by atoms with Gasteiger partial charge in [0.2, 0.25) is 0 Å². The Morgan fingerprint density at radius 1 is 1.47 bits per heavy atom. The molecule has 0 unspecified atom stereocenters. The van der Waals surface area contributed by atoms with Crippen molar-refractivity contribution in [3.05, 3.63) is 33.3 Å². The molecule has 0 aliphatic heterocycles. The molecule has 0 spiro atoms. The Balaban J connectivity index is 3.05. The predicted molar refractivity (Wildman–Crippen MR) is 79.1 cm³/mol. The molecule has 0 saturated heterocycles. The van der Waals surface area contributed by atoms with Crippen LogP contribution in [0.25, 0.3) is 0 Å². The van der Waals surface area contributed by atoms with Crippen molar-refractivity contribution >= 4 is 49.4 Å². The lowest BCUT2D eigenvalue weighted by molar-refractivity contribution is 0.0662. The van der Waals surface area contributed by atoms with Crippen molar-refractivity contribution in [3.8, 4) is 0 Å². The van der Waals surface area contributed by atoms with Crippen LogP contribution in [0, 0.1) is 0 Å². The van der Waals surface area contributed by atoms with Crippen molar-refractivity contribution in [3.63, 3.8) is 0 Å². The first-order chi connectivity index (χ1) is 7.79. The SMILES string of the molecule is CN(C(=O)c1ccc(Cl)cc1Br)C(C)(C)CBr. The molecule has 0 aromatic heterocycles. The highest BCUT2D eigenvalue weighted by atomic mass is 79.9. The van der Waals surface area contributed by atoms with Crippen LogP contribution in [0.3, 0.4) is 0 Å². The zero-order chi connectivity index (χ0) is 13.2. The van der Waals surface area contributed by atoms with Gasteiger partial charge in [0.15, 0.2) is 0 Å². The van der Waals surface area contributed by atoms with Gasteiger partial charge in [-0.15, -0.1) is 0 Å². The standard InChI is InChI=1S/C12H14Br2ClNO/c1-12(2,7-13)16(3)11(17)9-5-4-8(15)6-10(9)14/h4-6H,7H2,1-3H3. The molecule has 0 fully saturated rings. The van der Waals surface area contributed by atoms with E-state index in [0.717, 1.165) is 0 Å². The van der Waals surface area contributed by atoms with E-state index in [0.29, 0.717) is 20.4 Å². The number of hydrogen-bond acceptors (Lipinski definition) is 1. The van der Waals surface area contributed by atoms with Gasteiger partial charge in [0, 0.05) is 27.4 Å². The van der Waals surface area contributed by atoms with Crippen LogP contribution in [0.5, 0.6) is 0 Å². The van der Waals surface area contributed by atoms with Crippen molar-refractivity contribution in [2.24, 2.45) is 0 Å². The molecule has 0 bridgehead atoms. The number of rotatable bonds is 3. The highest BCUT2D eigenvalue weighted by molar-refractivity contribution is 9.10. The molecule has 0 radical (unpaired) electrons. The van der Waals surface area contributed by atoms with E-state index in [1.807, 2.05) is 13.8 Å². The minimum Gasteiger partial charge on any atom is -0.336 e. The maximum Gasteiger partial charge on any atom is 0.255 e. The van der Waals surface area contributed by atoms with E-state index < -0.39 is 0 Å². The Labute approximate surface area is 124 Å². The summed E-state index contributed by atoms with van der Waals surface area (Å²) in [6, 6.07) is 5.17. The van der Waals surface area contributed by atoms with Gasteiger partial charge in [-0.25, -0.2) is 0 Å². The molecule has 2 nitrogen and oxygen atoms in total. The van der Waals surface area contributed by atoms with Crippen LogP contribution in [0.2, 0.25) is 5.02 Å². The van der Waals surface area contributed by atoms with Crippen LogP contribution < -0.4 is 0 Å². The average molecular weight is 384 g/mol. The molecule has 1 aromatic rings. The van der Waals surface area contributed by atoms with E-state index in [4.69, 9.17) is 11.6 Å². The summed E-state index contributed by atoms with van der Waals surface area (Å²) in [4.78, 5) is 14.0. The molecule has 0 aliphatic rings. The maximum absolute atomic E-state index is 12.3. The second kappa shape index (κ2) is 5.72. The minimum absolute atomic E-state index is 0.0296. The highest BCUT2D eigenvalue weighted by Crippen LogP contribution is 2.25. The zero-order valence-electron chi connectivity index (χ0n) is 9.93. The Morgan fingerprint density at radius 3 is 2.53 bits per heavy atom. The van der Waals surface area contributed by atoms with E-state index in [1.54, 1.807) is 30.1 Å². The number of nitrogens with zero attached hydrogens (tertiary/aromatic N) is 1. The largest absolute Gasteiger partial charge is 0.336 e. The van der Waals surface area contributed by atoms with Crippen molar-refractivity contribution < 1.29 is 4.79 Å². The van der Waals surface area contributed by atoms with Crippen LogP contribution in [0.15, 0.2) is 22.7 Å². The van der Waals surface area contributed by atoms with Crippen molar-refractivity contribution in [1.82, 2.24) is 4.90 Å². The molecule has 1 amide bonds. The molecule has 0 saturated carbocycles. The topological polar surface area (TPSA) is 20.3 Å². The summed E-state index contributed by atoms with van der Waals surface area (Å²) in [5, 5.41) is 1.32. The smallest absolute Gasteiger partial charge is 0.255 e. The first-order valence-corrected chi connectivity index (χ1v) is 7.38. The summed E-state index contributed by atoms with van der Waals surface area (Å²) < 4.78 is 0.715. The third-order valence-electron chi connectivity index (χ3n) is 2.70. The fourth-order valence-corrected chi connectivity index (χ4v) is 2.44. The van der Waals surface area contributed by atoms with Crippen LogP contribution in [0.1, 0.15) is 24.2 Å². The van der Waals surface area contributed by atoms with Gasteiger partial charge in [-0.2, -0.15) is 0 Å². The van der Waals surface area contributed by atoms with Crippen LogP contribution in [0.4, 0.5) is 0 Å². The lowest BCUT2D eigenvalue weighted by Crippen LogP contribution is -2.46. The third kappa shape index (κ3) is 3.46. The molecule has 0 N–H and O–H groups in total. The fraction of sp³-hybridized carbons (Fsp3) is 0.417. The van der Waals surface area contributed by atoms with E-state index >= 15 is 0 Å². The monoisotopic (exact) mass is 381 g/mol. The quantitative estimate of drug-likeness (QED) is 0.711. The van der Waals surface area contributed by atoms with Crippen molar-refractivity contribution in [2.75, 3.05) is 12.4 Å². The van der Waals surface area contributed by atoms with Gasteiger partial charge in [-0.05, 0) is 48.0 Å². The predicted octanol–water partition coefficient (Wildman–Crippen LogP) is 4.35. The first kappa shape index (κ1) is 15.0. The molecule has 1 rings (SSSR count). The summed E-state index contributed by atoms with van der Waals surface area (Å²) >= 11 is 12.6. The number of carbonyl (C=O) groups is 1. The summed E-state index contributed by atoms with van der Waals surface area (Å²) in [7, 11) is 1.80. The van der Waals surface area contributed by atoms with Gasteiger partial charge in [0.1, 0.15) is 0 Å². The number of benzene rings is 1. The normalized spacial score (nSPS) is 11.4. The number of amides is 1. The summed E-state index contributed by atoms with van der Waals surface area (Å²) in [5.41, 5.74) is 0.377. The minimum atomic E-state index is -0.240. The van der Waals surface area contributed by atoms with E-state index in [1.165, 1.54) is 0 Å². The second-order valence-corrected chi connectivity index (χ2v) is 6.29. The third-order valence-corrected chi connectivity index (χ3v) is 4.96. The van der Waals surface area contributed by atoms with Gasteiger partial charge < -0.3 is 4.90 Å². The molecule has 0 atom stereocenters. The maximum atomic E-state index is 12.3. The molecule has 94 valence electrons. The number of carbonyl (C=O) groups excluding carboxylic acids is 1. The Morgan fingerprint density at radius 2 is 2.06 bits per heavy atom. The number of hydrogen-bond donors (Lipinski definition) is 0. The Kier molecular flexibility index (Phi) is 5.05.